The molecule has 1 aromatic rings. The molecule has 0 radical (unpaired) electrons. The second kappa shape index (κ2) is 4.61. The molecule has 1 aromatic carbocycles. The Balaban J connectivity index is 1.81. The van der Waals surface area contributed by atoms with Gasteiger partial charge in [0.05, 0.1) is 11.3 Å². The molecule has 0 unspecified atom stereocenters. The van der Waals surface area contributed by atoms with Crippen LogP contribution in [-0.2, 0) is 0 Å². The average Bonchev–Trinajstić information content (AvgIpc) is 3.28. The first-order valence-electron chi connectivity index (χ1n) is 6.66. The third kappa shape index (κ3) is 2.34. The van der Waals surface area contributed by atoms with Crippen LogP contribution in [0.1, 0.15) is 36.0 Å². The lowest BCUT2D eigenvalue weighted by Gasteiger charge is -2.23. The number of carbonyl (C=O) groups excluding carboxylic acids is 1. The van der Waals surface area contributed by atoms with Crippen molar-refractivity contribution in [3.8, 4) is 0 Å². The molecule has 3 N–H and O–H groups in total. The Kier molecular flexibility index (Phi) is 2.96. The summed E-state index contributed by atoms with van der Waals surface area (Å²) in [6.07, 6.45) is 4.84. The van der Waals surface area contributed by atoms with Gasteiger partial charge >= 0.3 is 0 Å². The summed E-state index contributed by atoms with van der Waals surface area (Å²) in [6, 6.07) is 7.92. The van der Waals surface area contributed by atoms with Crippen LogP contribution in [0, 0.1) is 5.92 Å². The Morgan fingerprint density at radius 2 is 2.00 bits per heavy atom. The quantitative estimate of drug-likeness (QED) is 0.616. The number of nitrogens with two attached hydrogens (primary N) is 1. The molecule has 0 atom stereocenters. The molecule has 4 heteroatoms. The van der Waals surface area contributed by atoms with E-state index in [0.717, 1.165) is 25.3 Å². The minimum Gasteiger partial charge on any atom is -0.335 e. The Labute approximate surface area is 107 Å². The van der Waals surface area contributed by atoms with Gasteiger partial charge in [-0.25, -0.2) is 0 Å². The highest BCUT2D eigenvalue weighted by Crippen LogP contribution is 2.36. The van der Waals surface area contributed by atoms with E-state index in [0.29, 0.717) is 17.3 Å². The number of rotatable bonds is 5. The van der Waals surface area contributed by atoms with Gasteiger partial charge in [0.1, 0.15) is 0 Å². The number of hydrogen-bond donors (Lipinski definition) is 2. The van der Waals surface area contributed by atoms with Crippen LogP contribution in [0.3, 0.4) is 0 Å². The molecule has 2 aliphatic carbocycles. The lowest BCUT2D eigenvalue weighted by atomic mass is 10.1. The van der Waals surface area contributed by atoms with Crippen LogP contribution in [0.25, 0.3) is 0 Å². The molecule has 0 bridgehead atoms. The van der Waals surface area contributed by atoms with E-state index < -0.39 is 0 Å². The number of carbonyl (C=O) groups is 1. The zero-order valence-corrected chi connectivity index (χ0v) is 10.4. The number of para-hydroxylation sites is 1. The summed E-state index contributed by atoms with van der Waals surface area (Å²) in [5.41, 5.74) is 4.01. The van der Waals surface area contributed by atoms with Crippen LogP contribution in [-0.4, -0.2) is 23.4 Å². The molecule has 0 aromatic heterocycles. The first-order chi connectivity index (χ1) is 8.79. The van der Waals surface area contributed by atoms with Gasteiger partial charge in [-0.3, -0.25) is 10.6 Å². The van der Waals surface area contributed by atoms with E-state index >= 15 is 0 Å². The maximum atomic E-state index is 12.6. The summed E-state index contributed by atoms with van der Waals surface area (Å²) < 4.78 is 0. The van der Waals surface area contributed by atoms with E-state index in [1.807, 2.05) is 29.2 Å². The number of nitrogen functional groups attached to an aromatic ring is 1. The maximum absolute atomic E-state index is 12.6. The molecular formula is C14H19N3O. The van der Waals surface area contributed by atoms with Crippen LogP contribution < -0.4 is 11.3 Å². The van der Waals surface area contributed by atoms with E-state index in [9.17, 15) is 4.79 Å². The molecule has 2 fully saturated rings. The van der Waals surface area contributed by atoms with Crippen molar-refractivity contribution in [1.82, 2.24) is 4.90 Å². The SMILES string of the molecule is NNc1ccccc1C(=O)N(CC1CC1)C1CC1. The highest BCUT2D eigenvalue weighted by Gasteiger charge is 2.37. The molecule has 0 saturated heterocycles. The molecule has 3 rings (SSSR count). The van der Waals surface area contributed by atoms with Gasteiger partial charge in [-0.2, -0.15) is 0 Å². The van der Waals surface area contributed by atoms with Gasteiger partial charge in [-0.15, -0.1) is 0 Å². The van der Waals surface area contributed by atoms with Crippen molar-refractivity contribution in [2.45, 2.75) is 31.7 Å². The first-order valence-corrected chi connectivity index (χ1v) is 6.66. The van der Waals surface area contributed by atoms with Crippen molar-refractivity contribution >= 4 is 11.6 Å². The number of hydrogen-bond acceptors (Lipinski definition) is 3. The molecule has 2 saturated carbocycles. The standard InChI is InChI=1S/C14H19N3O/c15-16-13-4-2-1-3-12(13)14(18)17(11-7-8-11)9-10-5-6-10/h1-4,10-11,16H,5-9,15H2. The highest BCUT2D eigenvalue weighted by atomic mass is 16.2. The van der Waals surface area contributed by atoms with Gasteiger partial charge in [0.25, 0.3) is 5.91 Å². The first kappa shape index (κ1) is 11.5. The third-order valence-electron chi connectivity index (χ3n) is 3.71. The lowest BCUT2D eigenvalue weighted by molar-refractivity contribution is 0.0735. The zero-order chi connectivity index (χ0) is 12.5. The number of nitrogens with one attached hydrogen (secondary N) is 1. The van der Waals surface area contributed by atoms with Crippen LogP contribution in [0.5, 0.6) is 0 Å². The van der Waals surface area contributed by atoms with E-state index in [1.54, 1.807) is 0 Å². The minimum atomic E-state index is 0.123. The smallest absolute Gasteiger partial charge is 0.256 e. The van der Waals surface area contributed by atoms with Crippen molar-refractivity contribution in [2.24, 2.45) is 11.8 Å². The van der Waals surface area contributed by atoms with Crippen LogP contribution >= 0.6 is 0 Å². The Bertz CT molecular complexity index is 452. The molecule has 0 aliphatic heterocycles. The predicted octanol–water partition coefficient (Wildman–Crippen LogP) is 1.99. The van der Waals surface area contributed by atoms with E-state index in [4.69, 9.17) is 5.84 Å². The van der Waals surface area contributed by atoms with Gasteiger partial charge in [-0.05, 0) is 43.7 Å². The second-order valence-corrected chi connectivity index (χ2v) is 5.32. The topological polar surface area (TPSA) is 58.4 Å². The Morgan fingerprint density at radius 1 is 1.28 bits per heavy atom. The molecule has 4 nitrogen and oxygen atoms in total. The second-order valence-electron chi connectivity index (χ2n) is 5.32. The summed E-state index contributed by atoms with van der Waals surface area (Å²) in [4.78, 5) is 14.6. The molecular weight excluding hydrogens is 226 g/mol. The monoisotopic (exact) mass is 245 g/mol. The lowest BCUT2D eigenvalue weighted by Crippen LogP contribution is -2.35. The molecule has 1 amide bonds. The van der Waals surface area contributed by atoms with Crippen molar-refractivity contribution in [3.63, 3.8) is 0 Å². The van der Waals surface area contributed by atoms with Crippen molar-refractivity contribution < 1.29 is 4.79 Å². The van der Waals surface area contributed by atoms with Gasteiger partial charge in [0.15, 0.2) is 0 Å². The Morgan fingerprint density at radius 3 is 2.61 bits per heavy atom. The van der Waals surface area contributed by atoms with Crippen LogP contribution in [0.4, 0.5) is 5.69 Å². The fourth-order valence-corrected chi connectivity index (χ4v) is 2.31. The molecule has 2 aliphatic rings. The average molecular weight is 245 g/mol. The van der Waals surface area contributed by atoms with Crippen molar-refractivity contribution in [3.05, 3.63) is 29.8 Å². The maximum Gasteiger partial charge on any atom is 0.256 e. The highest BCUT2D eigenvalue weighted by molar-refractivity contribution is 5.99. The fraction of sp³-hybridized carbons (Fsp3) is 0.500. The van der Waals surface area contributed by atoms with Gasteiger partial charge < -0.3 is 10.3 Å². The largest absolute Gasteiger partial charge is 0.335 e. The van der Waals surface area contributed by atoms with Crippen molar-refractivity contribution in [1.29, 1.82) is 0 Å². The summed E-state index contributed by atoms with van der Waals surface area (Å²) in [5.74, 6) is 6.33. The van der Waals surface area contributed by atoms with Crippen molar-refractivity contribution in [2.75, 3.05) is 12.0 Å². The summed E-state index contributed by atoms with van der Waals surface area (Å²) >= 11 is 0. The predicted molar refractivity (Wildman–Crippen MR) is 71.0 cm³/mol. The van der Waals surface area contributed by atoms with E-state index in [-0.39, 0.29) is 5.91 Å². The molecule has 0 spiro atoms. The summed E-state index contributed by atoms with van der Waals surface area (Å²) in [5, 5.41) is 0. The van der Waals surface area contributed by atoms with Crippen LogP contribution in [0.15, 0.2) is 24.3 Å². The minimum absolute atomic E-state index is 0.123. The molecule has 18 heavy (non-hydrogen) atoms. The van der Waals surface area contributed by atoms with E-state index in [2.05, 4.69) is 5.43 Å². The van der Waals surface area contributed by atoms with Crippen LogP contribution in [0.2, 0.25) is 0 Å². The van der Waals surface area contributed by atoms with Gasteiger partial charge in [0, 0.05) is 12.6 Å². The Hall–Kier alpha value is -1.55. The number of nitrogens with zero attached hydrogens (tertiary/aromatic N) is 1. The summed E-state index contributed by atoms with van der Waals surface area (Å²) in [6.45, 7) is 0.919. The summed E-state index contributed by atoms with van der Waals surface area (Å²) in [7, 11) is 0. The zero-order valence-electron chi connectivity index (χ0n) is 10.4. The molecule has 96 valence electrons. The van der Waals surface area contributed by atoms with Gasteiger partial charge in [-0.1, -0.05) is 12.1 Å². The number of benzene rings is 1. The fourth-order valence-electron chi connectivity index (χ4n) is 2.31. The number of hydrazine groups is 1. The third-order valence-corrected chi connectivity index (χ3v) is 3.71. The number of anilines is 1. The van der Waals surface area contributed by atoms with E-state index in [1.165, 1.54) is 12.8 Å². The molecule has 0 heterocycles. The van der Waals surface area contributed by atoms with Gasteiger partial charge in [0.2, 0.25) is 0 Å². The normalized spacial score (nSPS) is 18.5. The number of amides is 1.